The van der Waals surface area contributed by atoms with Gasteiger partial charge in [-0.1, -0.05) is 6.07 Å². The number of anilines is 1. The molecule has 0 amide bonds. The molecule has 0 unspecified atom stereocenters. The lowest BCUT2D eigenvalue weighted by molar-refractivity contribution is 1.27. The Kier molecular flexibility index (Phi) is 1.59. The monoisotopic (exact) mass is 174 g/mol. The van der Waals surface area contributed by atoms with Gasteiger partial charge in [-0.3, -0.25) is 4.79 Å². The van der Waals surface area contributed by atoms with Crippen molar-refractivity contribution in [1.82, 2.24) is 4.98 Å². The van der Waals surface area contributed by atoms with Gasteiger partial charge in [0.1, 0.15) is 0 Å². The van der Waals surface area contributed by atoms with Crippen LogP contribution in [0, 0.1) is 6.92 Å². The van der Waals surface area contributed by atoms with E-state index in [1.54, 1.807) is 12.3 Å². The van der Waals surface area contributed by atoms with Crippen LogP contribution in [0.5, 0.6) is 0 Å². The van der Waals surface area contributed by atoms with Gasteiger partial charge in [-0.05, 0) is 30.0 Å². The van der Waals surface area contributed by atoms with Crippen molar-refractivity contribution < 1.29 is 0 Å². The van der Waals surface area contributed by atoms with Crippen molar-refractivity contribution in [3.63, 3.8) is 0 Å². The predicted molar refractivity (Wildman–Crippen MR) is 53.7 cm³/mol. The van der Waals surface area contributed by atoms with Gasteiger partial charge in [0.2, 0.25) is 0 Å². The summed E-state index contributed by atoms with van der Waals surface area (Å²) in [4.78, 5) is 14.0. The van der Waals surface area contributed by atoms with Gasteiger partial charge in [0.15, 0.2) is 0 Å². The minimum atomic E-state index is -0.126. The number of aryl methyl sites for hydroxylation is 1. The Morgan fingerprint density at radius 3 is 2.77 bits per heavy atom. The normalized spacial score (nSPS) is 10.5. The molecule has 0 fully saturated rings. The molecule has 0 aliphatic heterocycles. The highest BCUT2D eigenvalue weighted by Gasteiger charge is 2.03. The highest BCUT2D eigenvalue weighted by atomic mass is 16.1. The molecule has 1 aromatic carbocycles. The second-order valence-electron chi connectivity index (χ2n) is 3.07. The fourth-order valence-corrected chi connectivity index (χ4v) is 1.48. The minimum Gasteiger partial charge on any atom is -0.398 e. The molecule has 0 atom stereocenters. The number of aromatic amines is 1. The van der Waals surface area contributed by atoms with Crippen molar-refractivity contribution in [3.05, 3.63) is 40.3 Å². The number of H-pyrrole nitrogens is 1. The maximum Gasteiger partial charge on any atom is 0.257 e. The number of pyridine rings is 1. The lowest BCUT2D eigenvalue weighted by atomic mass is 10.1. The van der Waals surface area contributed by atoms with Crippen molar-refractivity contribution in [1.29, 1.82) is 0 Å². The average molecular weight is 174 g/mol. The van der Waals surface area contributed by atoms with Crippen LogP contribution in [0.1, 0.15) is 5.56 Å². The molecule has 3 heteroatoms. The summed E-state index contributed by atoms with van der Waals surface area (Å²) < 4.78 is 0. The first-order chi connectivity index (χ1) is 6.20. The lowest BCUT2D eigenvalue weighted by Crippen LogP contribution is -2.07. The second kappa shape index (κ2) is 2.62. The Hall–Kier alpha value is -1.77. The molecular formula is C10H10N2O. The van der Waals surface area contributed by atoms with E-state index in [1.165, 1.54) is 0 Å². The van der Waals surface area contributed by atoms with Crippen molar-refractivity contribution in [2.45, 2.75) is 6.92 Å². The number of hydrogen-bond acceptors (Lipinski definition) is 2. The number of benzene rings is 1. The number of hydrogen-bond donors (Lipinski definition) is 2. The van der Waals surface area contributed by atoms with Crippen molar-refractivity contribution in [3.8, 4) is 0 Å². The molecule has 66 valence electrons. The number of aromatic nitrogens is 1. The van der Waals surface area contributed by atoms with E-state index in [0.717, 1.165) is 10.9 Å². The Morgan fingerprint density at radius 2 is 2.08 bits per heavy atom. The maximum absolute atomic E-state index is 11.4. The van der Waals surface area contributed by atoms with Crippen LogP contribution >= 0.6 is 0 Å². The fourth-order valence-electron chi connectivity index (χ4n) is 1.48. The van der Waals surface area contributed by atoms with Gasteiger partial charge >= 0.3 is 0 Å². The summed E-state index contributed by atoms with van der Waals surface area (Å²) in [7, 11) is 0. The van der Waals surface area contributed by atoms with Crippen LogP contribution in [0.4, 0.5) is 5.69 Å². The maximum atomic E-state index is 11.4. The summed E-state index contributed by atoms with van der Waals surface area (Å²) in [6.07, 6.45) is 1.64. The summed E-state index contributed by atoms with van der Waals surface area (Å²) in [5.74, 6) is 0. The van der Waals surface area contributed by atoms with Crippen LogP contribution in [-0.2, 0) is 0 Å². The van der Waals surface area contributed by atoms with Gasteiger partial charge in [-0.25, -0.2) is 0 Å². The van der Waals surface area contributed by atoms with Crippen LogP contribution in [0.2, 0.25) is 0 Å². The highest BCUT2D eigenvalue weighted by molar-refractivity contribution is 5.94. The Balaban J connectivity index is 3.09. The van der Waals surface area contributed by atoms with Crippen molar-refractivity contribution in [2.75, 3.05) is 5.73 Å². The summed E-state index contributed by atoms with van der Waals surface area (Å²) in [5.41, 5.74) is 7.17. The standard InChI is InChI=1S/C10H10N2O/c1-6-2-3-8(11)9-7(6)4-5-12-10(9)13/h2-5H,11H2,1H3,(H,12,13). The number of nitrogens with one attached hydrogen (secondary N) is 1. The molecule has 0 saturated carbocycles. The SMILES string of the molecule is Cc1ccc(N)c2c(=O)[nH]ccc12. The second-order valence-corrected chi connectivity index (χ2v) is 3.07. The molecule has 0 radical (unpaired) electrons. The molecule has 0 spiro atoms. The first kappa shape index (κ1) is 7.86. The first-order valence-corrected chi connectivity index (χ1v) is 4.06. The summed E-state index contributed by atoms with van der Waals surface area (Å²) in [5, 5.41) is 1.51. The molecule has 2 aromatic rings. The van der Waals surface area contributed by atoms with Gasteiger partial charge in [0.25, 0.3) is 5.56 Å². The molecule has 0 saturated heterocycles. The molecule has 2 rings (SSSR count). The summed E-state index contributed by atoms with van der Waals surface area (Å²) >= 11 is 0. The number of rotatable bonds is 0. The van der Waals surface area contributed by atoms with Crippen molar-refractivity contribution >= 4 is 16.5 Å². The molecule has 0 aliphatic carbocycles. The first-order valence-electron chi connectivity index (χ1n) is 4.06. The molecule has 3 nitrogen and oxygen atoms in total. The fraction of sp³-hybridized carbons (Fsp3) is 0.100. The zero-order valence-corrected chi connectivity index (χ0v) is 7.29. The Labute approximate surface area is 75.2 Å². The van der Waals surface area contributed by atoms with Crippen LogP contribution in [-0.4, -0.2) is 4.98 Å². The van der Waals surface area contributed by atoms with Gasteiger partial charge in [-0.15, -0.1) is 0 Å². The Bertz CT molecular complexity index is 514. The van der Waals surface area contributed by atoms with Crippen molar-refractivity contribution in [2.24, 2.45) is 0 Å². The van der Waals surface area contributed by atoms with E-state index in [1.807, 2.05) is 19.1 Å². The lowest BCUT2D eigenvalue weighted by Gasteiger charge is -2.02. The quantitative estimate of drug-likeness (QED) is 0.593. The van der Waals surface area contributed by atoms with E-state index >= 15 is 0 Å². The molecular weight excluding hydrogens is 164 g/mol. The van der Waals surface area contributed by atoms with E-state index in [2.05, 4.69) is 4.98 Å². The predicted octanol–water partition coefficient (Wildman–Crippen LogP) is 1.42. The van der Waals surface area contributed by atoms with Crippen LogP contribution in [0.15, 0.2) is 29.2 Å². The zero-order chi connectivity index (χ0) is 9.42. The third kappa shape index (κ3) is 1.09. The minimum absolute atomic E-state index is 0.126. The van der Waals surface area contributed by atoms with Gasteiger partial charge in [0.05, 0.1) is 5.39 Å². The van der Waals surface area contributed by atoms with Crippen LogP contribution in [0.3, 0.4) is 0 Å². The molecule has 3 N–H and O–H groups in total. The van der Waals surface area contributed by atoms with E-state index in [-0.39, 0.29) is 5.56 Å². The smallest absolute Gasteiger partial charge is 0.257 e. The molecule has 1 heterocycles. The van der Waals surface area contributed by atoms with E-state index in [9.17, 15) is 4.79 Å². The van der Waals surface area contributed by atoms with E-state index in [4.69, 9.17) is 5.73 Å². The largest absolute Gasteiger partial charge is 0.398 e. The molecule has 0 bridgehead atoms. The zero-order valence-electron chi connectivity index (χ0n) is 7.29. The van der Waals surface area contributed by atoms with Gasteiger partial charge < -0.3 is 10.7 Å². The highest BCUT2D eigenvalue weighted by Crippen LogP contribution is 2.19. The van der Waals surface area contributed by atoms with Gasteiger partial charge in [-0.2, -0.15) is 0 Å². The third-order valence-corrected chi connectivity index (χ3v) is 2.19. The number of fused-ring (bicyclic) bond motifs is 1. The third-order valence-electron chi connectivity index (χ3n) is 2.19. The molecule has 0 aliphatic rings. The van der Waals surface area contributed by atoms with E-state index < -0.39 is 0 Å². The van der Waals surface area contributed by atoms with E-state index in [0.29, 0.717) is 11.1 Å². The number of nitrogen functional groups attached to an aromatic ring is 1. The molecule has 1 aromatic heterocycles. The van der Waals surface area contributed by atoms with Gasteiger partial charge in [0, 0.05) is 11.9 Å². The topological polar surface area (TPSA) is 58.9 Å². The molecule has 13 heavy (non-hydrogen) atoms. The summed E-state index contributed by atoms with van der Waals surface area (Å²) in [6, 6.07) is 5.53. The summed E-state index contributed by atoms with van der Waals surface area (Å²) in [6.45, 7) is 1.96. The van der Waals surface area contributed by atoms with Crippen LogP contribution in [0.25, 0.3) is 10.8 Å². The average Bonchev–Trinajstić information content (AvgIpc) is 2.12. The van der Waals surface area contributed by atoms with Crippen LogP contribution < -0.4 is 11.3 Å². The Morgan fingerprint density at radius 1 is 1.31 bits per heavy atom. The number of nitrogens with two attached hydrogens (primary N) is 1.